The molecular formula is C28H37N3O6. The average Bonchev–Trinajstić information content (AvgIpc) is 2.92. The van der Waals surface area contributed by atoms with Gasteiger partial charge in [0.2, 0.25) is 5.91 Å². The van der Waals surface area contributed by atoms with Crippen molar-refractivity contribution in [1.82, 2.24) is 10.7 Å². The van der Waals surface area contributed by atoms with E-state index in [9.17, 15) is 14.4 Å². The van der Waals surface area contributed by atoms with Crippen molar-refractivity contribution < 1.29 is 28.6 Å². The van der Waals surface area contributed by atoms with E-state index in [0.29, 0.717) is 29.0 Å². The van der Waals surface area contributed by atoms with Crippen molar-refractivity contribution in [2.45, 2.75) is 58.3 Å². The number of rotatable bonds is 16. The Hall–Kier alpha value is -3.88. The first kappa shape index (κ1) is 29.4. The van der Waals surface area contributed by atoms with E-state index >= 15 is 0 Å². The summed E-state index contributed by atoms with van der Waals surface area (Å²) < 4.78 is 15.9. The number of hydrogen-bond donors (Lipinski definition) is 2. The van der Waals surface area contributed by atoms with Gasteiger partial charge >= 0.3 is 5.97 Å². The largest absolute Gasteiger partial charge is 0.497 e. The first-order valence-electron chi connectivity index (χ1n) is 12.6. The van der Waals surface area contributed by atoms with E-state index < -0.39 is 11.9 Å². The zero-order valence-corrected chi connectivity index (χ0v) is 21.9. The number of carbonyl (C=O) groups is 3. The van der Waals surface area contributed by atoms with Crippen LogP contribution in [-0.2, 0) is 9.59 Å². The zero-order valence-electron chi connectivity index (χ0n) is 21.9. The Kier molecular flexibility index (Phi) is 13.3. The number of nitrogens with zero attached hydrogens (tertiary/aromatic N) is 1. The molecule has 0 aliphatic heterocycles. The molecule has 0 aromatic heterocycles. The van der Waals surface area contributed by atoms with Crippen LogP contribution in [-0.4, -0.2) is 44.8 Å². The standard InChI is InChI=1S/C28H37N3O6/c1-4-5-6-7-8-9-10-11-26(32)29-20-27(33)31-30-19-21-12-17-24(25(18-21)36-3)37-28(34)22-13-15-23(35-2)16-14-22/h12-19H,4-11,20H2,1-3H3,(H,29,32)(H,31,33). The fraction of sp³-hybridized carbons (Fsp3) is 0.429. The second-order valence-electron chi connectivity index (χ2n) is 8.47. The van der Waals surface area contributed by atoms with Gasteiger partial charge in [-0.3, -0.25) is 9.59 Å². The van der Waals surface area contributed by atoms with Gasteiger partial charge in [-0.05, 0) is 54.4 Å². The van der Waals surface area contributed by atoms with E-state index in [0.717, 1.165) is 19.3 Å². The Morgan fingerprint density at radius 2 is 1.54 bits per heavy atom. The molecule has 0 radical (unpaired) electrons. The number of benzene rings is 2. The van der Waals surface area contributed by atoms with Crippen molar-refractivity contribution in [2.24, 2.45) is 5.10 Å². The fourth-order valence-electron chi connectivity index (χ4n) is 3.46. The van der Waals surface area contributed by atoms with Crippen LogP contribution in [0.4, 0.5) is 0 Å². The Morgan fingerprint density at radius 3 is 2.22 bits per heavy atom. The van der Waals surface area contributed by atoms with Gasteiger partial charge in [0, 0.05) is 6.42 Å². The summed E-state index contributed by atoms with van der Waals surface area (Å²) >= 11 is 0. The second kappa shape index (κ2) is 16.7. The minimum atomic E-state index is -0.538. The minimum Gasteiger partial charge on any atom is -0.497 e. The lowest BCUT2D eigenvalue weighted by atomic mass is 10.1. The van der Waals surface area contributed by atoms with E-state index in [1.165, 1.54) is 39.0 Å². The molecule has 0 bridgehead atoms. The predicted octanol–water partition coefficient (Wildman–Crippen LogP) is 4.63. The van der Waals surface area contributed by atoms with Gasteiger partial charge in [0.15, 0.2) is 11.5 Å². The van der Waals surface area contributed by atoms with Crippen LogP contribution in [0.3, 0.4) is 0 Å². The zero-order chi connectivity index (χ0) is 26.9. The Bertz CT molecular complexity index is 1040. The molecule has 2 aromatic rings. The highest BCUT2D eigenvalue weighted by Crippen LogP contribution is 2.28. The Labute approximate surface area is 218 Å². The summed E-state index contributed by atoms with van der Waals surface area (Å²) in [6.45, 7) is 2.04. The van der Waals surface area contributed by atoms with Crippen LogP contribution < -0.4 is 25.0 Å². The summed E-state index contributed by atoms with van der Waals surface area (Å²) in [6, 6.07) is 11.4. The normalized spacial score (nSPS) is 10.7. The Balaban J connectivity index is 1.75. The molecular weight excluding hydrogens is 474 g/mol. The number of ether oxygens (including phenoxy) is 3. The molecule has 2 N–H and O–H groups in total. The lowest BCUT2D eigenvalue weighted by Crippen LogP contribution is -2.34. The van der Waals surface area contributed by atoms with Crippen molar-refractivity contribution in [1.29, 1.82) is 0 Å². The van der Waals surface area contributed by atoms with Crippen molar-refractivity contribution in [3.05, 3.63) is 53.6 Å². The smallest absolute Gasteiger partial charge is 0.343 e. The summed E-state index contributed by atoms with van der Waals surface area (Å²) in [6.07, 6.45) is 9.77. The number of hydrazone groups is 1. The van der Waals surface area contributed by atoms with Gasteiger partial charge in [-0.1, -0.05) is 45.4 Å². The first-order chi connectivity index (χ1) is 18.0. The third-order valence-electron chi connectivity index (χ3n) is 5.57. The lowest BCUT2D eigenvalue weighted by Gasteiger charge is -2.10. The number of hydrogen-bond acceptors (Lipinski definition) is 7. The van der Waals surface area contributed by atoms with Crippen molar-refractivity contribution in [2.75, 3.05) is 20.8 Å². The van der Waals surface area contributed by atoms with Crippen LogP contribution in [0.1, 0.15) is 74.2 Å². The van der Waals surface area contributed by atoms with Crippen LogP contribution in [0.25, 0.3) is 0 Å². The van der Waals surface area contributed by atoms with Gasteiger partial charge in [0.1, 0.15) is 5.75 Å². The van der Waals surface area contributed by atoms with Gasteiger partial charge in [-0.25, -0.2) is 10.2 Å². The van der Waals surface area contributed by atoms with Crippen LogP contribution in [0, 0.1) is 0 Å². The first-order valence-corrected chi connectivity index (χ1v) is 12.6. The topological polar surface area (TPSA) is 115 Å². The molecule has 0 aliphatic carbocycles. The molecule has 0 saturated heterocycles. The van der Waals surface area contributed by atoms with Crippen LogP contribution >= 0.6 is 0 Å². The molecule has 0 fully saturated rings. The molecule has 0 aliphatic rings. The SMILES string of the molecule is CCCCCCCCCC(=O)NCC(=O)NN=Cc1ccc(OC(=O)c2ccc(OC)cc2)c(OC)c1. The Morgan fingerprint density at radius 1 is 0.838 bits per heavy atom. The molecule has 0 spiro atoms. The number of methoxy groups -OCH3 is 2. The summed E-state index contributed by atoms with van der Waals surface area (Å²) in [7, 11) is 3.00. The van der Waals surface area contributed by atoms with E-state index in [4.69, 9.17) is 14.2 Å². The van der Waals surface area contributed by atoms with Gasteiger partial charge in [0.25, 0.3) is 5.91 Å². The fourth-order valence-corrected chi connectivity index (χ4v) is 3.46. The third-order valence-corrected chi connectivity index (χ3v) is 5.57. The highest BCUT2D eigenvalue weighted by atomic mass is 16.6. The average molecular weight is 512 g/mol. The van der Waals surface area contributed by atoms with Gasteiger partial charge in [0.05, 0.1) is 32.5 Å². The number of amides is 2. The van der Waals surface area contributed by atoms with E-state index in [2.05, 4.69) is 22.8 Å². The summed E-state index contributed by atoms with van der Waals surface area (Å²) in [5, 5.41) is 6.52. The highest BCUT2D eigenvalue weighted by Gasteiger charge is 2.13. The number of carbonyl (C=O) groups excluding carboxylic acids is 3. The van der Waals surface area contributed by atoms with Crippen LogP contribution in [0.15, 0.2) is 47.6 Å². The molecule has 0 saturated carbocycles. The minimum absolute atomic E-state index is 0.141. The van der Waals surface area contributed by atoms with Gasteiger partial charge in [-0.2, -0.15) is 5.10 Å². The summed E-state index contributed by atoms with van der Waals surface area (Å²) in [5.41, 5.74) is 3.36. The molecule has 9 heteroatoms. The maximum atomic E-state index is 12.4. The summed E-state index contributed by atoms with van der Waals surface area (Å²) in [4.78, 5) is 36.3. The number of unbranched alkanes of at least 4 members (excludes halogenated alkanes) is 6. The third kappa shape index (κ3) is 11.2. The van der Waals surface area contributed by atoms with Crippen molar-refractivity contribution >= 4 is 24.0 Å². The maximum absolute atomic E-state index is 12.4. The monoisotopic (exact) mass is 511 g/mol. The molecule has 2 aromatic carbocycles. The molecule has 2 rings (SSSR count). The van der Waals surface area contributed by atoms with Gasteiger partial charge in [-0.15, -0.1) is 0 Å². The molecule has 0 unspecified atom stereocenters. The quantitative estimate of drug-likeness (QED) is 0.112. The highest BCUT2D eigenvalue weighted by molar-refractivity contribution is 5.92. The molecule has 200 valence electrons. The van der Waals surface area contributed by atoms with Crippen LogP contribution in [0.2, 0.25) is 0 Å². The van der Waals surface area contributed by atoms with Crippen LogP contribution in [0.5, 0.6) is 17.2 Å². The van der Waals surface area contributed by atoms with Crippen molar-refractivity contribution in [3.8, 4) is 17.2 Å². The second-order valence-corrected chi connectivity index (χ2v) is 8.47. The molecule has 0 atom stereocenters. The summed E-state index contributed by atoms with van der Waals surface area (Å²) in [5.74, 6) is 0.0979. The van der Waals surface area contributed by atoms with E-state index in [1.54, 1.807) is 49.6 Å². The number of nitrogens with one attached hydrogen (secondary N) is 2. The van der Waals surface area contributed by atoms with Crippen molar-refractivity contribution in [3.63, 3.8) is 0 Å². The lowest BCUT2D eigenvalue weighted by molar-refractivity contribution is -0.126. The predicted molar refractivity (Wildman–Crippen MR) is 142 cm³/mol. The molecule has 37 heavy (non-hydrogen) atoms. The molecule has 0 heterocycles. The number of esters is 1. The maximum Gasteiger partial charge on any atom is 0.343 e. The molecule has 9 nitrogen and oxygen atoms in total. The van der Waals surface area contributed by atoms with Gasteiger partial charge < -0.3 is 19.5 Å². The van der Waals surface area contributed by atoms with E-state index in [-0.39, 0.29) is 18.2 Å². The molecule has 2 amide bonds. The van der Waals surface area contributed by atoms with E-state index in [1.807, 2.05) is 0 Å².